The van der Waals surface area contributed by atoms with Crippen LogP contribution in [0.2, 0.25) is 0 Å². The maximum atomic E-state index is 10.3. The third-order valence-electron chi connectivity index (χ3n) is 1.62. The van der Waals surface area contributed by atoms with Crippen LogP contribution in [0.15, 0.2) is 5.29 Å². The lowest BCUT2D eigenvalue weighted by molar-refractivity contribution is 0.266. The van der Waals surface area contributed by atoms with Gasteiger partial charge in [-0.3, -0.25) is 0 Å². The second-order valence-electron chi connectivity index (χ2n) is 2.50. The van der Waals surface area contributed by atoms with Crippen molar-refractivity contribution >= 4 is 23.5 Å². The van der Waals surface area contributed by atoms with Crippen LogP contribution in [0.25, 0.3) is 0 Å². The van der Waals surface area contributed by atoms with E-state index in [-0.39, 0.29) is 10.7 Å². The van der Waals surface area contributed by atoms with E-state index in [4.69, 9.17) is 0 Å². The van der Waals surface area contributed by atoms with Crippen LogP contribution in [0, 0.1) is 4.91 Å². The highest BCUT2D eigenvalue weighted by Crippen LogP contribution is 2.39. The summed E-state index contributed by atoms with van der Waals surface area (Å²) in [5.41, 5.74) is 0. The number of nitrogens with zero attached hydrogens (tertiary/aromatic N) is 2. The lowest BCUT2D eigenvalue weighted by atomic mass is 10.6. The molecule has 0 spiro atoms. The van der Waals surface area contributed by atoms with Crippen molar-refractivity contribution in [3.63, 3.8) is 0 Å². The van der Waals surface area contributed by atoms with Crippen molar-refractivity contribution in [1.82, 2.24) is 5.01 Å². The number of nitroso groups, excluding NO2 is 1. The molecular weight excluding hydrogens is 180 g/mol. The van der Waals surface area contributed by atoms with Gasteiger partial charge in [-0.2, -0.15) is 0 Å². The molecule has 0 saturated carbocycles. The van der Waals surface area contributed by atoms with E-state index in [0.29, 0.717) is 4.58 Å². The average molecular weight is 192 g/mol. The first-order valence-corrected chi connectivity index (χ1v) is 5.46. The minimum absolute atomic E-state index is 0.221. The van der Waals surface area contributed by atoms with Crippen LogP contribution in [-0.2, 0) is 0 Å². The van der Waals surface area contributed by atoms with Gasteiger partial charge < -0.3 is 0 Å². The molecule has 5 heteroatoms. The molecule has 1 rings (SSSR count). The van der Waals surface area contributed by atoms with E-state index in [9.17, 15) is 4.91 Å². The second-order valence-corrected chi connectivity index (χ2v) is 6.12. The fraction of sp³-hybridized carbons (Fsp3) is 1.00. The molecule has 0 radical (unpaired) electrons. The molecule has 3 nitrogen and oxygen atoms in total. The third-order valence-corrected chi connectivity index (χ3v) is 4.27. The van der Waals surface area contributed by atoms with Crippen molar-refractivity contribution in [2.75, 3.05) is 0 Å². The van der Waals surface area contributed by atoms with Crippen molar-refractivity contribution < 1.29 is 0 Å². The fourth-order valence-corrected chi connectivity index (χ4v) is 4.24. The van der Waals surface area contributed by atoms with E-state index in [0.717, 1.165) is 0 Å². The quantitative estimate of drug-likeness (QED) is 0.597. The summed E-state index contributed by atoms with van der Waals surface area (Å²) < 4.78 is 0.568. The van der Waals surface area contributed by atoms with Gasteiger partial charge in [0.2, 0.25) is 0 Å². The van der Waals surface area contributed by atoms with Gasteiger partial charge in [0.15, 0.2) is 0 Å². The van der Waals surface area contributed by atoms with Gasteiger partial charge in [-0.1, -0.05) is 0 Å². The van der Waals surface area contributed by atoms with E-state index in [1.807, 2.05) is 13.8 Å². The zero-order valence-electron chi connectivity index (χ0n) is 6.85. The SMILES string of the molecule is CC1S[C@@H](C)N(N=O)[C@@H](C)S1. The summed E-state index contributed by atoms with van der Waals surface area (Å²) in [6, 6.07) is 0. The lowest BCUT2D eigenvalue weighted by Crippen LogP contribution is -2.37. The van der Waals surface area contributed by atoms with Crippen molar-refractivity contribution in [2.45, 2.75) is 36.1 Å². The molecule has 0 aromatic rings. The second kappa shape index (κ2) is 3.67. The average Bonchev–Trinajstić information content (AvgIpc) is 1.85. The number of hydrogen-bond donors (Lipinski definition) is 0. The largest absolute Gasteiger partial charge is 0.235 e. The summed E-state index contributed by atoms with van der Waals surface area (Å²) in [6.07, 6.45) is 0. The predicted molar refractivity (Wildman–Crippen MR) is 51.2 cm³/mol. The molecule has 0 aliphatic carbocycles. The maximum Gasteiger partial charge on any atom is 0.0950 e. The normalized spacial score (nSPS) is 38.8. The van der Waals surface area contributed by atoms with Crippen LogP contribution < -0.4 is 0 Å². The first-order chi connectivity index (χ1) is 5.15. The number of hydrogen-bond acceptors (Lipinski definition) is 4. The van der Waals surface area contributed by atoms with Gasteiger partial charge in [0.05, 0.1) is 20.6 Å². The topological polar surface area (TPSA) is 32.7 Å². The Balaban J connectivity index is 2.58. The highest BCUT2D eigenvalue weighted by Gasteiger charge is 2.29. The van der Waals surface area contributed by atoms with Gasteiger partial charge in [-0.25, -0.2) is 5.01 Å². The Morgan fingerprint density at radius 2 is 1.64 bits per heavy atom. The molecular formula is C6H12N2OS2. The van der Waals surface area contributed by atoms with Gasteiger partial charge in [-0.15, -0.1) is 28.4 Å². The molecule has 1 aliphatic rings. The van der Waals surface area contributed by atoms with Crippen LogP contribution in [0.5, 0.6) is 0 Å². The highest BCUT2D eigenvalue weighted by molar-refractivity contribution is 8.18. The van der Waals surface area contributed by atoms with Gasteiger partial charge >= 0.3 is 0 Å². The molecule has 11 heavy (non-hydrogen) atoms. The van der Waals surface area contributed by atoms with Crippen molar-refractivity contribution in [3.05, 3.63) is 4.91 Å². The monoisotopic (exact) mass is 192 g/mol. The molecule has 1 saturated heterocycles. The van der Waals surface area contributed by atoms with Crippen LogP contribution >= 0.6 is 23.5 Å². The molecule has 1 fully saturated rings. The van der Waals surface area contributed by atoms with E-state index in [1.165, 1.54) is 0 Å². The molecule has 1 heterocycles. The summed E-state index contributed by atoms with van der Waals surface area (Å²) in [6.45, 7) is 6.18. The van der Waals surface area contributed by atoms with Crippen LogP contribution in [0.4, 0.5) is 0 Å². The Hall–Kier alpha value is 0.1000. The predicted octanol–water partition coefficient (Wildman–Crippen LogP) is 2.49. The van der Waals surface area contributed by atoms with E-state index in [1.54, 1.807) is 28.5 Å². The lowest BCUT2D eigenvalue weighted by Gasteiger charge is -2.35. The van der Waals surface area contributed by atoms with Gasteiger partial charge in [0.1, 0.15) is 0 Å². The molecule has 0 N–H and O–H groups in total. The molecule has 64 valence electrons. The molecule has 3 atom stereocenters. The maximum absolute atomic E-state index is 10.3. The van der Waals surface area contributed by atoms with E-state index < -0.39 is 0 Å². The first-order valence-electron chi connectivity index (χ1n) is 3.57. The van der Waals surface area contributed by atoms with Crippen molar-refractivity contribution in [2.24, 2.45) is 5.29 Å². The Labute approximate surface area is 75.2 Å². The molecule has 0 amide bonds. The minimum atomic E-state index is 0.221. The standard InChI is InChI=1S/C6H12N2OS2/c1-4-8(7-9)5(2)11-6(3)10-4/h4-6H,1-3H3/t4-,5+,6?. The van der Waals surface area contributed by atoms with Gasteiger partial charge in [-0.05, 0) is 20.8 Å². The van der Waals surface area contributed by atoms with E-state index in [2.05, 4.69) is 12.2 Å². The third kappa shape index (κ3) is 2.02. The van der Waals surface area contributed by atoms with Gasteiger partial charge in [0.25, 0.3) is 0 Å². The summed E-state index contributed by atoms with van der Waals surface area (Å²) in [5, 5.41) is 5.03. The zero-order chi connectivity index (χ0) is 8.43. The molecule has 1 unspecified atom stereocenters. The fourth-order valence-electron chi connectivity index (χ4n) is 1.14. The zero-order valence-corrected chi connectivity index (χ0v) is 8.48. The van der Waals surface area contributed by atoms with Crippen molar-refractivity contribution in [3.8, 4) is 0 Å². The van der Waals surface area contributed by atoms with Crippen LogP contribution in [-0.4, -0.2) is 20.3 Å². The summed E-state index contributed by atoms with van der Waals surface area (Å²) >= 11 is 3.55. The Morgan fingerprint density at radius 1 is 1.18 bits per heavy atom. The van der Waals surface area contributed by atoms with Crippen LogP contribution in [0.1, 0.15) is 20.8 Å². The first kappa shape index (κ1) is 9.19. The summed E-state index contributed by atoms with van der Waals surface area (Å²) in [7, 11) is 0. The summed E-state index contributed by atoms with van der Waals surface area (Å²) in [5.74, 6) is 0. The number of thioether (sulfide) groups is 2. The Bertz CT molecular complexity index is 144. The Kier molecular flexibility index (Phi) is 3.06. The van der Waals surface area contributed by atoms with Gasteiger partial charge in [0, 0.05) is 0 Å². The molecule has 0 aromatic heterocycles. The Morgan fingerprint density at radius 3 is 2.00 bits per heavy atom. The van der Waals surface area contributed by atoms with E-state index >= 15 is 0 Å². The minimum Gasteiger partial charge on any atom is -0.235 e. The van der Waals surface area contributed by atoms with Crippen molar-refractivity contribution in [1.29, 1.82) is 0 Å². The summed E-state index contributed by atoms with van der Waals surface area (Å²) in [4.78, 5) is 10.3. The molecule has 0 bridgehead atoms. The smallest absolute Gasteiger partial charge is 0.0950 e. The molecule has 0 aromatic carbocycles. The highest BCUT2D eigenvalue weighted by atomic mass is 32.2. The van der Waals surface area contributed by atoms with Crippen LogP contribution in [0.3, 0.4) is 0 Å². The number of rotatable bonds is 1. The molecule has 1 aliphatic heterocycles.